The van der Waals surface area contributed by atoms with Crippen LogP contribution < -0.4 is 14.4 Å². The van der Waals surface area contributed by atoms with E-state index in [2.05, 4.69) is 15.9 Å². The van der Waals surface area contributed by atoms with Gasteiger partial charge >= 0.3 is 5.91 Å². The van der Waals surface area contributed by atoms with Gasteiger partial charge in [0.2, 0.25) is 0 Å². The summed E-state index contributed by atoms with van der Waals surface area (Å²) in [6.45, 7) is 4.80. The average Bonchev–Trinajstić information content (AvgIpc) is 3.42. The number of fused-ring (bicyclic) bond motifs is 2. The second-order valence-electron chi connectivity index (χ2n) is 9.00. The molecule has 1 atom stereocenters. The van der Waals surface area contributed by atoms with Crippen molar-refractivity contribution in [3.05, 3.63) is 86.9 Å². The fourth-order valence-electron chi connectivity index (χ4n) is 4.80. The normalized spacial score (nSPS) is 18.6. The number of amides is 1. The van der Waals surface area contributed by atoms with E-state index in [1.807, 2.05) is 50.2 Å². The number of ketones is 1. The molecule has 0 radical (unpaired) electrons. The summed E-state index contributed by atoms with van der Waals surface area (Å²) in [4.78, 5) is 33.1. The maximum absolute atomic E-state index is 13.5. The van der Waals surface area contributed by atoms with Gasteiger partial charge in [-0.05, 0) is 66.9 Å². The Hall–Kier alpha value is -3.69. The first-order valence-corrected chi connectivity index (χ1v) is 13.3. The number of aliphatic hydroxyl groups is 1. The molecule has 6 rings (SSSR count). The topological polar surface area (TPSA) is 89.0 Å². The van der Waals surface area contributed by atoms with Crippen molar-refractivity contribution < 1.29 is 24.2 Å². The molecule has 7 nitrogen and oxygen atoms in total. The number of hydrogen-bond acceptors (Lipinski definition) is 7. The summed E-state index contributed by atoms with van der Waals surface area (Å²) in [7, 11) is 0. The van der Waals surface area contributed by atoms with E-state index in [-0.39, 0.29) is 11.3 Å². The monoisotopic (exact) mass is 576 g/mol. The maximum Gasteiger partial charge on any atom is 0.301 e. The smallest absolute Gasteiger partial charge is 0.301 e. The minimum Gasteiger partial charge on any atom is -0.507 e. The Morgan fingerprint density at radius 1 is 1.03 bits per heavy atom. The molecule has 9 heteroatoms. The van der Waals surface area contributed by atoms with Gasteiger partial charge in [0.1, 0.15) is 19.0 Å². The standard InChI is InChI=1S/C28H21BrN2O5S/c1-14-11-15(2)23-21(12-14)37-28(30-23)31-24(16-3-6-18(29)7-4-16)22(26(33)27(31)34)25(32)17-5-8-19-20(13-17)36-10-9-35-19/h3-8,11-13,24,32H,9-10H2,1-2H3/b25-22+. The highest BCUT2D eigenvalue weighted by atomic mass is 79.9. The summed E-state index contributed by atoms with van der Waals surface area (Å²) in [5.74, 6) is -0.749. The van der Waals surface area contributed by atoms with Crippen molar-refractivity contribution in [3.63, 3.8) is 0 Å². The van der Waals surface area contributed by atoms with E-state index in [0.717, 1.165) is 25.8 Å². The second kappa shape index (κ2) is 9.00. The van der Waals surface area contributed by atoms with Crippen molar-refractivity contribution in [2.45, 2.75) is 19.9 Å². The van der Waals surface area contributed by atoms with E-state index in [1.54, 1.807) is 18.2 Å². The summed E-state index contributed by atoms with van der Waals surface area (Å²) >= 11 is 4.80. The molecule has 1 unspecified atom stereocenters. The Labute approximate surface area is 225 Å². The van der Waals surface area contributed by atoms with Crippen LogP contribution in [-0.2, 0) is 9.59 Å². The van der Waals surface area contributed by atoms with Crippen LogP contribution in [0.2, 0.25) is 0 Å². The number of halogens is 1. The van der Waals surface area contributed by atoms with Crippen molar-refractivity contribution in [2.24, 2.45) is 0 Å². The van der Waals surface area contributed by atoms with Crippen molar-refractivity contribution in [2.75, 3.05) is 18.1 Å². The first-order chi connectivity index (χ1) is 17.8. The molecule has 186 valence electrons. The number of hydrogen-bond donors (Lipinski definition) is 1. The predicted octanol–water partition coefficient (Wildman–Crippen LogP) is 6.07. The molecule has 3 aromatic carbocycles. The van der Waals surface area contributed by atoms with Crippen LogP contribution >= 0.6 is 27.3 Å². The molecule has 3 heterocycles. The lowest BCUT2D eigenvalue weighted by molar-refractivity contribution is -0.132. The molecule has 1 N–H and O–H groups in total. The maximum atomic E-state index is 13.5. The van der Waals surface area contributed by atoms with Crippen molar-refractivity contribution in [1.29, 1.82) is 0 Å². The summed E-state index contributed by atoms with van der Waals surface area (Å²) in [5, 5.41) is 11.8. The highest BCUT2D eigenvalue weighted by Gasteiger charge is 2.48. The number of aryl methyl sites for hydroxylation is 2. The molecular formula is C28H21BrN2O5S. The number of carbonyl (C=O) groups is 2. The van der Waals surface area contributed by atoms with Gasteiger partial charge in [0.05, 0.1) is 21.8 Å². The van der Waals surface area contributed by atoms with E-state index in [0.29, 0.717) is 41.0 Å². The van der Waals surface area contributed by atoms with Crippen molar-refractivity contribution in [3.8, 4) is 11.5 Å². The molecular weight excluding hydrogens is 556 g/mol. The number of rotatable bonds is 3. The predicted molar refractivity (Wildman–Crippen MR) is 145 cm³/mol. The lowest BCUT2D eigenvalue weighted by atomic mass is 9.95. The Bertz CT molecular complexity index is 1630. The number of Topliss-reactive ketones (excluding diaryl/α,β-unsaturated/α-hetero) is 1. The van der Waals surface area contributed by atoms with E-state index >= 15 is 0 Å². The highest BCUT2D eigenvalue weighted by molar-refractivity contribution is 9.10. The van der Waals surface area contributed by atoms with Crippen LogP contribution in [0.1, 0.15) is 28.3 Å². The van der Waals surface area contributed by atoms with E-state index in [1.165, 1.54) is 16.2 Å². The molecule has 0 aliphatic carbocycles. The number of carbonyl (C=O) groups excluding carboxylic acids is 2. The molecule has 0 bridgehead atoms. The molecule has 2 aliphatic heterocycles. The van der Waals surface area contributed by atoms with Gasteiger partial charge in [-0.3, -0.25) is 14.5 Å². The summed E-state index contributed by atoms with van der Waals surface area (Å²) in [6.07, 6.45) is 0. The number of benzene rings is 3. The summed E-state index contributed by atoms with van der Waals surface area (Å²) in [6, 6.07) is 15.5. The zero-order valence-electron chi connectivity index (χ0n) is 19.9. The van der Waals surface area contributed by atoms with Crippen LogP contribution in [-0.4, -0.2) is 35.0 Å². The van der Waals surface area contributed by atoms with Gasteiger partial charge in [0, 0.05) is 10.0 Å². The first-order valence-electron chi connectivity index (χ1n) is 11.7. The lowest BCUT2D eigenvalue weighted by Crippen LogP contribution is -2.29. The van der Waals surface area contributed by atoms with Crippen LogP contribution in [0.5, 0.6) is 11.5 Å². The van der Waals surface area contributed by atoms with Gasteiger partial charge in [-0.2, -0.15) is 0 Å². The quantitative estimate of drug-likeness (QED) is 0.181. The second-order valence-corrected chi connectivity index (χ2v) is 10.9. The Morgan fingerprint density at radius 3 is 2.51 bits per heavy atom. The van der Waals surface area contributed by atoms with Gasteiger partial charge in [0.25, 0.3) is 5.78 Å². The summed E-state index contributed by atoms with van der Waals surface area (Å²) in [5.41, 5.74) is 3.90. The molecule has 4 aromatic rings. The van der Waals surface area contributed by atoms with E-state index in [4.69, 9.17) is 14.5 Å². The molecule has 1 saturated heterocycles. The largest absolute Gasteiger partial charge is 0.507 e. The third kappa shape index (κ3) is 3.98. The Kier molecular flexibility index (Phi) is 5.77. The van der Waals surface area contributed by atoms with Gasteiger partial charge in [-0.25, -0.2) is 4.98 Å². The lowest BCUT2D eigenvalue weighted by Gasteiger charge is -2.23. The van der Waals surface area contributed by atoms with Crippen LogP contribution in [0.4, 0.5) is 5.13 Å². The highest BCUT2D eigenvalue weighted by Crippen LogP contribution is 2.45. The Morgan fingerprint density at radius 2 is 1.76 bits per heavy atom. The molecule has 37 heavy (non-hydrogen) atoms. The number of anilines is 1. The molecule has 1 fully saturated rings. The minimum absolute atomic E-state index is 0.00356. The van der Waals surface area contributed by atoms with Crippen molar-refractivity contribution >= 4 is 60.1 Å². The molecule has 0 saturated carbocycles. The third-order valence-electron chi connectivity index (χ3n) is 6.47. The summed E-state index contributed by atoms with van der Waals surface area (Å²) < 4.78 is 13.0. The number of thiazole rings is 1. The van der Waals surface area contributed by atoms with Crippen LogP contribution in [0.15, 0.2) is 64.6 Å². The number of nitrogens with zero attached hydrogens (tertiary/aromatic N) is 2. The molecule has 0 spiro atoms. The SMILES string of the molecule is Cc1cc(C)c2nc(N3C(=O)C(=O)/C(=C(/O)c4ccc5c(c4)OCCO5)C3c3ccc(Br)cc3)sc2c1. The van der Waals surface area contributed by atoms with Crippen LogP contribution in [0.25, 0.3) is 16.0 Å². The van der Waals surface area contributed by atoms with Crippen LogP contribution in [0, 0.1) is 13.8 Å². The van der Waals surface area contributed by atoms with Gasteiger partial charge in [0.15, 0.2) is 16.6 Å². The third-order valence-corrected chi connectivity index (χ3v) is 8.00. The minimum atomic E-state index is -0.858. The fraction of sp³-hybridized carbons (Fsp3) is 0.179. The molecule has 1 aromatic heterocycles. The number of aromatic nitrogens is 1. The Balaban J connectivity index is 1.55. The van der Waals surface area contributed by atoms with E-state index in [9.17, 15) is 14.7 Å². The van der Waals surface area contributed by atoms with Crippen LogP contribution in [0.3, 0.4) is 0 Å². The number of ether oxygens (including phenoxy) is 2. The first kappa shape index (κ1) is 23.7. The van der Waals surface area contributed by atoms with Gasteiger partial charge in [-0.1, -0.05) is 45.5 Å². The zero-order valence-corrected chi connectivity index (χ0v) is 22.4. The fourth-order valence-corrected chi connectivity index (χ4v) is 6.23. The average molecular weight is 577 g/mol. The molecule has 2 aliphatic rings. The number of aliphatic hydroxyl groups excluding tert-OH is 1. The zero-order chi connectivity index (χ0) is 25.8. The van der Waals surface area contributed by atoms with Gasteiger partial charge in [-0.15, -0.1) is 0 Å². The van der Waals surface area contributed by atoms with Gasteiger partial charge < -0.3 is 14.6 Å². The molecule has 1 amide bonds. The van der Waals surface area contributed by atoms with Crippen molar-refractivity contribution in [1.82, 2.24) is 4.98 Å². The van der Waals surface area contributed by atoms with E-state index < -0.39 is 17.7 Å².